The van der Waals surface area contributed by atoms with Gasteiger partial charge in [0.2, 0.25) is 0 Å². The lowest BCUT2D eigenvalue weighted by Gasteiger charge is -2.26. The maximum Gasteiger partial charge on any atom is 0.255 e. The van der Waals surface area contributed by atoms with Gasteiger partial charge in [-0.3, -0.25) is 9.69 Å². The van der Waals surface area contributed by atoms with E-state index in [0.717, 1.165) is 18.0 Å². The van der Waals surface area contributed by atoms with Crippen molar-refractivity contribution in [1.29, 1.82) is 0 Å². The van der Waals surface area contributed by atoms with Gasteiger partial charge in [-0.1, -0.05) is 23.7 Å². The zero-order valence-electron chi connectivity index (χ0n) is 12.7. The van der Waals surface area contributed by atoms with Gasteiger partial charge in [0.25, 0.3) is 5.91 Å². The van der Waals surface area contributed by atoms with Gasteiger partial charge < -0.3 is 9.73 Å². The summed E-state index contributed by atoms with van der Waals surface area (Å²) in [6.07, 6.45) is 2.47. The molecule has 3 rings (SSSR count). The molecule has 1 fully saturated rings. The molecule has 2 unspecified atom stereocenters. The molecule has 0 radical (unpaired) electrons. The van der Waals surface area contributed by atoms with E-state index in [1.165, 1.54) is 5.56 Å². The number of likely N-dealkylation sites (N-methyl/N-ethyl adjacent to an activating group) is 1. The lowest BCUT2D eigenvalue weighted by atomic mass is 10.00. The third-order valence-electron chi connectivity index (χ3n) is 4.28. The smallest absolute Gasteiger partial charge is 0.255 e. The molecule has 2 atom stereocenters. The number of furan rings is 1. The second-order valence-electron chi connectivity index (χ2n) is 5.74. The van der Waals surface area contributed by atoms with Crippen LogP contribution in [-0.4, -0.2) is 30.4 Å². The van der Waals surface area contributed by atoms with Crippen molar-refractivity contribution in [2.24, 2.45) is 0 Å². The van der Waals surface area contributed by atoms with E-state index in [1.54, 1.807) is 19.3 Å². The van der Waals surface area contributed by atoms with Crippen LogP contribution in [0, 0.1) is 6.92 Å². The SMILES string of the molecule is Cc1occc1C(=O)NC1CCN(C)C1c1ccc(Cl)cc1. The molecule has 0 saturated carbocycles. The molecule has 1 saturated heterocycles. The van der Waals surface area contributed by atoms with E-state index in [-0.39, 0.29) is 18.0 Å². The van der Waals surface area contributed by atoms with Crippen molar-refractivity contribution in [3.63, 3.8) is 0 Å². The second kappa shape index (κ2) is 6.15. The van der Waals surface area contributed by atoms with Crippen molar-refractivity contribution >= 4 is 17.5 Å². The number of amides is 1. The molecule has 116 valence electrons. The predicted octanol–water partition coefficient (Wildman–Crippen LogP) is 3.42. The van der Waals surface area contributed by atoms with Gasteiger partial charge in [0.05, 0.1) is 23.9 Å². The molecule has 1 aliphatic rings. The normalized spacial score (nSPS) is 22.0. The van der Waals surface area contributed by atoms with Crippen LogP contribution in [0.2, 0.25) is 5.02 Å². The lowest BCUT2D eigenvalue weighted by Crippen LogP contribution is -2.39. The summed E-state index contributed by atoms with van der Waals surface area (Å²) < 4.78 is 5.21. The fourth-order valence-electron chi connectivity index (χ4n) is 3.11. The Balaban J connectivity index is 1.79. The standard InChI is InChI=1S/C17H19ClN2O2/c1-11-14(8-10-22-11)17(21)19-15-7-9-20(2)16(15)12-3-5-13(18)6-4-12/h3-6,8,10,15-16H,7,9H2,1-2H3,(H,19,21). The average Bonchev–Trinajstić information content (AvgIpc) is 3.07. The molecule has 5 heteroatoms. The van der Waals surface area contributed by atoms with Crippen LogP contribution in [0.25, 0.3) is 0 Å². The van der Waals surface area contributed by atoms with Gasteiger partial charge in [-0.05, 0) is 44.2 Å². The van der Waals surface area contributed by atoms with Crippen LogP contribution >= 0.6 is 11.6 Å². The summed E-state index contributed by atoms with van der Waals surface area (Å²) in [5.74, 6) is 0.567. The Kier molecular flexibility index (Phi) is 4.23. The number of carbonyl (C=O) groups excluding carboxylic acids is 1. The number of benzene rings is 1. The van der Waals surface area contributed by atoms with E-state index < -0.39 is 0 Å². The quantitative estimate of drug-likeness (QED) is 0.943. The number of rotatable bonds is 3. The minimum Gasteiger partial charge on any atom is -0.469 e. The van der Waals surface area contributed by atoms with E-state index >= 15 is 0 Å². The summed E-state index contributed by atoms with van der Waals surface area (Å²) in [6, 6.07) is 9.78. The first-order valence-electron chi connectivity index (χ1n) is 7.37. The molecule has 1 amide bonds. The first kappa shape index (κ1) is 15.1. The molecular weight excluding hydrogens is 300 g/mol. The van der Waals surface area contributed by atoms with Gasteiger partial charge in [-0.2, -0.15) is 0 Å². The van der Waals surface area contributed by atoms with E-state index in [2.05, 4.69) is 17.3 Å². The third kappa shape index (κ3) is 2.89. The molecule has 0 bridgehead atoms. The van der Waals surface area contributed by atoms with E-state index in [4.69, 9.17) is 16.0 Å². The summed E-state index contributed by atoms with van der Waals surface area (Å²) in [4.78, 5) is 14.7. The number of nitrogens with zero attached hydrogens (tertiary/aromatic N) is 1. The zero-order chi connectivity index (χ0) is 15.7. The van der Waals surface area contributed by atoms with Gasteiger partial charge in [0.1, 0.15) is 5.76 Å². The maximum absolute atomic E-state index is 12.4. The van der Waals surface area contributed by atoms with Crippen molar-refractivity contribution in [2.45, 2.75) is 25.4 Å². The van der Waals surface area contributed by atoms with Crippen molar-refractivity contribution in [1.82, 2.24) is 10.2 Å². The molecule has 2 aromatic rings. The summed E-state index contributed by atoms with van der Waals surface area (Å²) in [5, 5.41) is 3.86. The van der Waals surface area contributed by atoms with Gasteiger partial charge in [0, 0.05) is 11.6 Å². The van der Waals surface area contributed by atoms with Crippen LogP contribution in [0.5, 0.6) is 0 Å². The monoisotopic (exact) mass is 318 g/mol. The molecule has 1 aliphatic heterocycles. The Morgan fingerprint density at radius 3 is 2.68 bits per heavy atom. The fraction of sp³-hybridized carbons (Fsp3) is 0.353. The molecule has 0 spiro atoms. The summed E-state index contributed by atoms with van der Waals surface area (Å²) in [6.45, 7) is 2.75. The summed E-state index contributed by atoms with van der Waals surface area (Å²) >= 11 is 5.97. The highest BCUT2D eigenvalue weighted by molar-refractivity contribution is 6.30. The number of hydrogen-bond donors (Lipinski definition) is 1. The molecule has 2 heterocycles. The molecule has 22 heavy (non-hydrogen) atoms. The van der Waals surface area contributed by atoms with Crippen LogP contribution in [0.15, 0.2) is 41.0 Å². The Labute approximate surface area is 135 Å². The number of carbonyl (C=O) groups is 1. The highest BCUT2D eigenvalue weighted by Crippen LogP contribution is 2.31. The van der Waals surface area contributed by atoms with Gasteiger partial charge >= 0.3 is 0 Å². The average molecular weight is 319 g/mol. The van der Waals surface area contributed by atoms with Crippen LogP contribution in [0.3, 0.4) is 0 Å². The Bertz CT molecular complexity index is 666. The van der Waals surface area contributed by atoms with Gasteiger partial charge in [-0.25, -0.2) is 0 Å². The number of nitrogens with one attached hydrogen (secondary N) is 1. The largest absolute Gasteiger partial charge is 0.469 e. The molecule has 1 N–H and O–H groups in total. The second-order valence-corrected chi connectivity index (χ2v) is 6.17. The number of hydrogen-bond acceptors (Lipinski definition) is 3. The number of likely N-dealkylation sites (tertiary alicyclic amines) is 1. The van der Waals surface area contributed by atoms with Gasteiger partial charge in [-0.15, -0.1) is 0 Å². The molecule has 4 nitrogen and oxygen atoms in total. The van der Waals surface area contributed by atoms with Gasteiger partial charge in [0.15, 0.2) is 0 Å². The third-order valence-corrected chi connectivity index (χ3v) is 4.53. The first-order valence-corrected chi connectivity index (χ1v) is 7.74. The zero-order valence-corrected chi connectivity index (χ0v) is 13.4. The molecule has 1 aromatic carbocycles. The van der Waals surface area contributed by atoms with Crippen molar-refractivity contribution in [3.8, 4) is 0 Å². The minimum atomic E-state index is -0.0782. The van der Waals surface area contributed by atoms with Crippen molar-refractivity contribution < 1.29 is 9.21 Å². The maximum atomic E-state index is 12.4. The molecule has 1 aromatic heterocycles. The van der Waals surface area contributed by atoms with Crippen molar-refractivity contribution in [2.75, 3.05) is 13.6 Å². The summed E-state index contributed by atoms with van der Waals surface area (Å²) in [5.41, 5.74) is 1.77. The number of halogens is 1. The van der Waals surface area contributed by atoms with E-state index in [0.29, 0.717) is 11.3 Å². The highest BCUT2D eigenvalue weighted by Gasteiger charge is 2.34. The van der Waals surface area contributed by atoms with E-state index in [9.17, 15) is 4.79 Å². The first-order chi connectivity index (χ1) is 10.6. The topological polar surface area (TPSA) is 45.5 Å². The van der Waals surface area contributed by atoms with Crippen LogP contribution in [0.1, 0.15) is 34.1 Å². The predicted molar refractivity (Wildman–Crippen MR) is 86.1 cm³/mol. The highest BCUT2D eigenvalue weighted by atomic mass is 35.5. The lowest BCUT2D eigenvalue weighted by molar-refractivity contribution is 0.0926. The van der Waals surface area contributed by atoms with Crippen LogP contribution in [-0.2, 0) is 0 Å². The van der Waals surface area contributed by atoms with Crippen LogP contribution in [0.4, 0.5) is 0 Å². The minimum absolute atomic E-state index is 0.0768. The van der Waals surface area contributed by atoms with Crippen molar-refractivity contribution in [3.05, 3.63) is 58.5 Å². The Hall–Kier alpha value is -1.78. The summed E-state index contributed by atoms with van der Waals surface area (Å²) in [7, 11) is 2.08. The number of aryl methyl sites for hydroxylation is 1. The van der Waals surface area contributed by atoms with Crippen LogP contribution < -0.4 is 5.32 Å². The molecule has 0 aliphatic carbocycles. The fourth-order valence-corrected chi connectivity index (χ4v) is 3.24. The van der Waals surface area contributed by atoms with E-state index in [1.807, 2.05) is 24.3 Å². The Morgan fingerprint density at radius 2 is 2.05 bits per heavy atom. The molecular formula is C17H19ClN2O2. The Morgan fingerprint density at radius 1 is 1.32 bits per heavy atom.